The highest BCUT2D eigenvalue weighted by Gasteiger charge is 2.33. The molecule has 0 N–H and O–H groups in total. The fourth-order valence-electron chi connectivity index (χ4n) is 3.68. The van der Waals surface area contributed by atoms with Gasteiger partial charge in [0.1, 0.15) is 5.60 Å². The summed E-state index contributed by atoms with van der Waals surface area (Å²) in [4.78, 5) is 11.7. The van der Waals surface area contributed by atoms with E-state index in [0.717, 1.165) is 49.1 Å². The van der Waals surface area contributed by atoms with E-state index in [1.165, 1.54) is 5.56 Å². The zero-order chi connectivity index (χ0) is 17.4. The molecular weight excluding hydrogens is 312 g/mol. The molecule has 2 aromatic heterocycles. The smallest absolute Gasteiger partial charge is 0.234 e. The lowest BCUT2D eigenvalue weighted by atomic mass is 9.94. The Labute approximate surface area is 148 Å². The third-order valence-corrected chi connectivity index (χ3v) is 4.93. The summed E-state index contributed by atoms with van der Waals surface area (Å²) in [5, 5.41) is 0. The van der Waals surface area contributed by atoms with Crippen molar-refractivity contribution in [3.05, 3.63) is 65.2 Å². The van der Waals surface area contributed by atoms with Crippen LogP contribution in [0.25, 0.3) is 5.78 Å². The molecule has 0 radical (unpaired) electrons. The molecule has 0 spiro atoms. The summed E-state index contributed by atoms with van der Waals surface area (Å²) < 4.78 is 8.20. The molecule has 1 unspecified atom stereocenters. The summed E-state index contributed by atoms with van der Waals surface area (Å²) in [5.41, 5.74) is 4.17. The highest BCUT2D eigenvalue weighted by Crippen LogP contribution is 2.29. The predicted octanol–water partition coefficient (Wildman–Crippen LogP) is 3.09. The van der Waals surface area contributed by atoms with Crippen molar-refractivity contribution >= 4 is 5.78 Å². The lowest BCUT2D eigenvalue weighted by Gasteiger charge is -2.40. The van der Waals surface area contributed by atoms with Crippen molar-refractivity contribution in [3.63, 3.8) is 0 Å². The Hall–Kier alpha value is -2.24. The van der Waals surface area contributed by atoms with Crippen LogP contribution < -0.4 is 0 Å². The molecule has 4 rings (SSSR count). The summed E-state index contributed by atoms with van der Waals surface area (Å²) in [6.45, 7) is 9.59. The van der Waals surface area contributed by atoms with Crippen LogP contribution in [-0.2, 0) is 16.9 Å². The molecule has 3 aromatic rings. The molecule has 1 aliphatic heterocycles. The average Bonchev–Trinajstić information content (AvgIpc) is 2.98. The third kappa shape index (κ3) is 3.17. The van der Waals surface area contributed by atoms with Gasteiger partial charge in [0.2, 0.25) is 5.78 Å². The molecule has 1 aromatic carbocycles. The van der Waals surface area contributed by atoms with Gasteiger partial charge in [-0.2, -0.15) is 0 Å². The van der Waals surface area contributed by atoms with Crippen molar-refractivity contribution in [3.8, 4) is 0 Å². The molecule has 3 heterocycles. The van der Waals surface area contributed by atoms with Gasteiger partial charge in [0.05, 0.1) is 12.3 Å². The van der Waals surface area contributed by atoms with Gasteiger partial charge in [-0.05, 0) is 32.4 Å². The van der Waals surface area contributed by atoms with E-state index < -0.39 is 0 Å². The number of nitrogens with zero attached hydrogens (tertiary/aromatic N) is 4. The maximum atomic E-state index is 6.13. The first-order valence-corrected chi connectivity index (χ1v) is 8.78. The third-order valence-electron chi connectivity index (χ3n) is 4.93. The first kappa shape index (κ1) is 16.2. The molecule has 130 valence electrons. The quantitative estimate of drug-likeness (QED) is 0.737. The second-order valence-corrected chi connectivity index (χ2v) is 7.10. The molecule has 1 fully saturated rings. The molecule has 1 atom stereocenters. The first-order chi connectivity index (χ1) is 12.0. The van der Waals surface area contributed by atoms with Crippen molar-refractivity contribution in [2.75, 3.05) is 19.7 Å². The maximum absolute atomic E-state index is 6.13. The molecule has 5 nitrogen and oxygen atoms in total. The monoisotopic (exact) mass is 336 g/mol. The van der Waals surface area contributed by atoms with Crippen LogP contribution in [0.15, 0.2) is 42.6 Å². The van der Waals surface area contributed by atoms with Gasteiger partial charge >= 0.3 is 0 Å². The maximum Gasteiger partial charge on any atom is 0.234 e. The molecular formula is C20H24N4O. The van der Waals surface area contributed by atoms with Crippen molar-refractivity contribution < 1.29 is 4.74 Å². The SMILES string of the molecule is Cc1cc(C)n2cc(CN3CCOC(C)(c4ccccc4)C3)nc2n1. The molecule has 5 heteroatoms. The van der Waals surface area contributed by atoms with Crippen LogP contribution in [-0.4, -0.2) is 39.0 Å². The summed E-state index contributed by atoms with van der Waals surface area (Å²) in [6, 6.07) is 12.6. The van der Waals surface area contributed by atoms with Crippen molar-refractivity contribution in [1.29, 1.82) is 0 Å². The highest BCUT2D eigenvalue weighted by atomic mass is 16.5. The average molecular weight is 336 g/mol. The van der Waals surface area contributed by atoms with E-state index in [-0.39, 0.29) is 5.60 Å². The van der Waals surface area contributed by atoms with E-state index in [1.54, 1.807) is 0 Å². The number of imidazole rings is 1. The first-order valence-electron chi connectivity index (χ1n) is 8.78. The minimum absolute atomic E-state index is 0.274. The fourth-order valence-corrected chi connectivity index (χ4v) is 3.68. The number of fused-ring (bicyclic) bond motifs is 1. The van der Waals surface area contributed by atoms with Gasteiger partial charge in [-0.25, -0.2) is 9.97 Å². The van der Waals surface area contributed by atoms with Crippen LogP contribution in [0.1, 0.15) is 29.6 Å². The Morgan fingerprint density at radius 3 is 2.76 bits per heavy atom. The van der Waals surface area contributed by atoms with Crippen LogP contribution in [0.3, 0.4) is 0 Å². The van der Waals surface area contributed by atoms with E-state index >= 15 is 0 Å². The molecule has 0 saturated carbocycles. The second kappa shape index (κ2) is 6.24. The van der Waals surface area contributed by atoms with E-state index in [1.807, 2.05) is 13.0 Å². The normalized spacial score (nSPS) is 21.7. The Kier molecular flexibility index (Phi) is 4.06. The minimum Gasteiger partial charge on any atom is -0.368 e. The van der Waals surface area contributed by atoms with Gasteiger partial charge in [0.25, 0.3) is 0 Å². The van der Waals surface area contributed by atoms with Gasteiger partial charge in [0.15, 0.2) is 0 Å². The Morgan fingerprint density at radius 1 is 1.16 bits per heavy atom. The van der Waals surface area contributed by atoms with E-state index in [4.69, 9.17) is 9.72 Å². The Morgan fingerprint density at radius 2 is 1.96 bits per heavy atom. The van der Waals surface area contributed by atoms with Gasteiger partial charge in [-0.1, -0.05) is 30.3 Å². The van der Waals surface area contributed by atoms with Crippen LogP contribution in [0.5, 0.6) is 0 Å². The summed E-state index contributed by atoms with van der Waals surface area (Å²) in [6.07, 6.45) is 2.10. The standard InChI is InChI=1S/C20H24N4O/c1-15-11-16(2)24-13-18(22-19(24)21-15)12-23-9-10-25-20(3,14-23)17-7-5-4-6-8-17/h4-8,11,13H,9-10,12,14H2,1-3H3. The van der Waals surface area contributed by atoms with E-state index in [9.17, 15) is 0 Å². The largest absolute Gasteiger partial charge is 0.368 e. The minimum atomic E-state index is -0.274. The number of hydrogen-bond donors (Lipinski definition) is 0. The van der Waals surface area contributed by atoms with Gasteiger partial charge in [-0.15, -0.1) is 0 Å². The summed E-state index contributed by atoms with van der Waals surface area (Å²) in [7, 11) is 0. The number of morpholine rings is 1. The van der Waals surface area contributed by atoms with Crippen LogP contribution >= 0.6 is 0 Å². The number of aromatic nitrogens is 3. The fraction of sp³-hybridized carbons (Fsp3) is 0.400. The lowest BCUT2D eigenvalue weighted by molar-refractivity contribution is -0.105. The predicted molar refractivity (Wildman–Crippen MR) is 97.5 cm³/mol. The zero-order valence-corrected chi connectivity index (χ0v) is 15.1. The van der Waals surface area contributed by atoms with Gasteiger partial charge < -0.3 is 4.74 Å². The number of aryl methyl sites for hydroxylation is 2. The second-order valence-electron chi connectivity index (χ2n) is 7.10. The van der Waals surface area contributed by atoms with Crippen LogP contribution in [0.2, 0.25) is 0 Å². The Balaban J connectivity index is 1.56. The van der Waals surface area contributed by atoms with Gasteiger partial charge in [0, 0.05) is 37.2 Å². The number of hydrogen-bond acceptors (Lipinski definition) is 4. The lowest BCUT2D eigenvalue weighted by Crippen LogP contribution is -2.47. The van der Waals surface area contributed by atoms with Crippen molar-refractivity contribution in [2.24, 2.45) is 0 Å². The van der Waals surface area contributed by atoms with Crippen LogP contribution in [0, 0.1) is 13.8 Å². The van der Waals surface area contributed by atoms with E-state index in [2.05, 4.69) is 64.7 Å². The van der Waals surface area contributed by atoms with Gasteiger partial charge in [-0.3, -0.25) is 9.30 Å². The molecule has 0 aliphatic carbocycles. The highest BCUT2D eigenvalue weighted by molar-refractivity contribution is 5.34. The number of rotatable bonds is 3. The number of ether oxygens (including phenoxy) is 1. The molecule has 25 heavy (non-hydrogen) atoms. The van der Waals surface area contributed by atoms with E-state index in [0.29, 0.717) is 0 Å². The molecule has 0 bridgehead atoms. The van der Waals surface area contributed by atoms with Crippen molar-refractivity contribution in [2.45, 2.75) is 32.9 Å². The summed E-state index contributed by atoms with van der Waals surface area (Å²) >= 11 is 0. The topological polar surface area (TPSA) is 42.7 Å². The number of benzene rings is 1. The Bertz CT molecular complexity index is 889. The van der Waals surface area contributed by atoms with Crippen LogP contribution in [0.4, 0.5) is 0 Å². The van der Waals surface area contributed by atoms with Crippen molar-refractivity contribution in [1.82, 2.24) is 19.3 Å². The molecule has 0 amide bonds. The molecule has 1 saturated heterocycles. The zero-order valence-electron chi connectivity index (χ0n) is 15.1. The molecule has 1 aliphatic rings. The summed E-state index contributed by atoms with van der Waals surface area (Å²) in [5.74, 6) is 0.784.